The van der Waals surface area contributed by atoms with Gasteiger partial charge in [-0.15, -0.1) is 11.3 Å². The van der Waals surface area contributed by atoms with Crippen LogP contribution in [0.25, 0.3) is 0 Å². The standard InChI is InChI=1S/C20H32NO2S/c1-15-9-10-18(24-15)20(2,16-7-5-6-8-16)19(22)23-17-11-13-21(3,4)14-12-17/h9-10,16-17H,5-8,11-14H2,1-4H3/q+1. The van der Waals surface area contributed by atoms with Gasteiger partial charge in [0.2, 0.25) is 0 Å². The zero-order chi connectivity index (χ0) is 17.4. The van der Waals surface area contributed by atoms with Gasteiger partial charge in [-0.05, 0) is 44.7 Å². The first-order chi connectivity index (χ1) is 11.3. The molecule has 0 bridgehead atoms. The lowest BCUT2D eigenvalue weighted by Gasteiger charge is -2.39. The van der Waals surface area contributed by atoms with Crippen LogP contribution < -0.4 is 0 Å². The quantitative estimate of drug-likeness (QED) is 0.598. The number of nitrogens with zero attached hydrogens (tertiary/aromatic N) is 1. The van der Waals surface area contributed by atoms with Crippen LogP contribution in [0.15, 0.2) is 12.1 Å². The molecule has 0 spiro atoms. The minimum absolute atomic E-state index is 0.0217. The molecular formula is C20H32NO2S+. The Morgan fingerprint density at radius 1 is 1.17 bits per heavy atom. The number of rotatable bonds is 4. The van der Waals surface area contributed by atoms with Gasteiger partial charge in [0.15, 0.2) is 0 Å². The Morgan fingerprint density at radius 3 is 2.33 bits per heavy atom. The van der Waals surface area contributed by atoms with Crippen molar-refractivity contribution in [1.82, 2.24) is 0 Å². The fourth-order valence-corrected chi connectivity index (χ4v) is 5.40. The van der Waals surface area contributed by atoms with Gasteiger partial charge in [0.25, 0.3) is 0 Å². The summed E-state index contributed by atoms with van der Waals surface area (Å²) in [7, 11) is 4.52. The van der Waals surface area contributed by atoms with E-state index in [1.807, 2.05) is 0 Å². The zero-order valence-electron chi connectivity index (χ0n) is 15.6. The number of quaternary nitrogens is 1. The molecule has 0 radical (unpaired) electrons. The van der Waals surface area contributed by atoms with Crippen LogP contribution in [0.5, 0.6) is 0 Å². The average molecular weight is 351 g/mol. The van der Waals surface area contributed by atoms with E-state index in [0.717, 1.165) is 43.3 Å². The first-order valence-electron chi connectivity index (χ1n) is 9.41. The number of likely N-dealkylation sites (tertiary alicyclic amines) is 1. The van der Waals surface area contributed by atoms with Crippen molar-refractivity contribution in [2.45, 2.75) is 63.9 Å². The molecule has 24 heavy (non-hydrogen) atoms. The van der Waals surface area contributed by atoms with Crippen LogP contribution in [0, 0.1) is 12.8 Å². The van der Waals surface area contributed by atoms with Crippen molar-refractivity contribution in [3.8, 4) is 0 Å². The fourth-order valence-electron chi connectivity index (χ4n) is 4.32. The van der Waals surface area contributed by atoms with E-state index in [0.29, 0.717) is 5.92 Å². The van der Waals surface area contributed by atoms with Gasteiger partial charge in [0.1, 0.15) is 11.5 Å². The smallest absolute Gasteiger partial charge is 0.317 e. The minimum Gasteiger partial charge on any atom is -0.461 e. The van der Waals surface area contributed by atoms with Gasteiger partial charge in [-0.1, -0.05) is 12.8 Å². The lowest BCUT2D eigenvalue weighted by molar-refractivity contribution is -0.896. The van der Waals surface area contributed by atoms with Gasteiger partial charge in [-0.3, -0.25) is 4.79 Å². The van der Waals surface area contributed by atoms with Gasteiger partial charge in [-0.25, -0.2) is 0 Å². The predicted molar refractivity (Wildman–Crippen MR) is 99.3 cm³/mol. The molecule has 1 aliphatic heterocycles. The molecule has 3 rings (SSSR count). The molecule has 1 aromatic rings. The lowest BCUT2D eigenvalue weighted by Crippen LogP contribution is -2.49. The Hall–Kier alpha value is -0.870. The Balaban J connectivity index is 1.77. The fraction of sp³-hybridized carbons (Fsp3) is 0.750. The summed E-state index contributed by atoms with van der Waals surface area (Å²) >= 11 is 1.77. The second-order valence-corrected chi connectivity index (χ2v) is 9.87. The number of hydrogen-bond acceptors (Lipinski definition) is 3. The van der Waals surface area contributed by atoms with E-state index in [9.17, 15) is 4.79 Å². The minimum atomic E-state index is -0.461. The number of aryl methyl sites for hydroxylation is 1. The van der Waals surface area contributed by atoms with Crippen LogP contribution in [-0.4, -0.2) is 43.7 Å². The molecular weight excluding hydrogens is 318 g/mol. The molecule has 1 aromatic heterocycles. The van der Waals surface area contributed by atoms with E-state index in [1.165, 1.54) is 22.6 Å². The number of esters is 1. The van der Waals surface area contributed by atoms with Gasteiger partial charge in [0.05, 0.1) is 27.2 Å². The highest BCUT2D eigenvalue weighted by Crippen LogP contribution is 2.45. The highest BCUT2D eigenvalue weighted by molar-refractivity contribution is 7.12. The maximum absolute atomic E-state index is 13.3. The molecule has 2 aliphatic rings. The van der Waals surface area contributed by atoms with Crippen LogP contribution >= 0.6 is 11.3 Å². The van der Waals surface area contributed by atoms with Crippen molar-refractivity contribution in [2.75, 3.05) is 27.2 Å². The molecule has 0 N–H and O–H groups in total. The van der Waals surface area contributed by atoms with Crippen molar-refractivity contribution in [1.29, 1.82) is 0 Å². The normalized spacial score (nSPS) is 24.7. The first-order valence-corrected chi connectivity index (χ1v) is 10.2. The van der Waals surface area contributed by atoms with E-state index in [2.05, 4.69) is 40.1 Å². The molecule has 1 saturated carbocycles. The second-order valence-electron chi connectivity index (χ2n) is 8.58. The number of carbonyl (C=O) groups is 1. The second kappa shape index (κ2) is 6.80. The Kier molecular flexibility index (Phi) is 5.08. The van der Waals surface area contributed by atoms with E-state index in [-0.39, 0.29) is 12.1 Å². The van der Waals surface area contributed by atoms with Crippen molar-refractivity contribution in [2.24, 2.45) is 5.92 Å². The summed E-state index contributed by atoms with van der Waals surface area (Å²) < 4.78 is 7.12. The third-order valence-electron chi connectivity index (χ3n) is 6.23. The van der Waals surface area contributed by atoms with E-state index >= 15 is 0 Å². The largest absolute Gasteiger partial charge is 0.461 e. The highest BCUT2D eigenvalue weighted by Gasteiger charge is 2.47. The molecule has 3 nitrogen and oxygen atoms in total. The monoisotopic (exact) mass is 350 g/mol. The summed E-state index contributed by atoms with van der Waals surface area (Å²) in [6, 6.07) is 4.29. The molecule has 1 atom stereocenters. The topological polar surface area (TPSA) is 26.3 Å². The maximum atomic E-state index is 13.3. The molecule has 1 aliphatic carbocycles. The van der Waals surface area contributed by atoms with E-state index < -0.39 is 5.41 Å². The van der Waals surface area contributed by atoms with Crippen molar-refractivity contribution in [3.63, 3.8) is 0 Å². The SMILES string of the molecule is Cc1ccc(C(C)(C(=O)OC2CC[N+](C)(C)CC2)C2CCCC2)s1. The van der Waals surface area contributed by atoms with E-state index in [4.69, 9.17) is 4.74 Å². The number of thiophene rings is 1. The maximum Gasteiger partial charge on any atom is 0.317 e. The van der Waals surface area contributed by atoms with Crippen LogP contribution in [-0.2, 0) is 14.9 Å². The number of carbonyl (C=O) groups excluding carboxylic acids is 1. The van der Waals surface area contributed by atoms with Crippen molar-refractivity contribution >= 4 is 17.3 Å². The van der Waals surface area contributed by atoms with Gasteiger partial charge in [0, 0.05) is 22.6 Å². The van der Waals surface area contributed by atoms with Crippen molar-refractivity contribution in [3.05, 3.63) is 21.9 Å². The van der Waals surface area contributed by atoms with E-state index in [1.54, 1.807) is 11.3 Å². The van der Waals surface area contributed by atoms with Crippen LogP contribution in [0.1, 0.15) is 55.2 Å². The number of piperidine rings is 1. The summed E-state index contributed by atoms with van der Waals surface area (Å²) in [6.07, 6.45) is 6.87. The van der Waals surface area contributed by atoms with Crippen LogP contribution in [0.3, 0.4) is 0 Å². The molecule has 0 amide bonds. The number of hydrogen-bond donors (Lipinski definition) is 0. The molecule has 0 aromatic carbocycles. The summed E-state index contributed by atoms with van der Waals surface area (Å²) in [5.74, 6) is 0.451. The summed E-state index contributed by atoms with van der Waals surface area (Å²) in [5.41, 5.74) is -0.461. The first kappa shape index (κ1) is 17.9. The Bertz CT molecular complexity index is 578. The summed E-state index contributed by atoms with van der Waals surface area (Å²) in [4.78, 5) is 15.7. The van der Waals surface area contributed by atoms with Crippen molar-refractivity contribution < 1.29 is 14.0 Å². The Labute approximate surface area is 150 Å². The third-order valence-corrected chi connectivity index (χ3v) is 7.47. The third kappa shape index (κ3) is 3.55. The van der Waals surface area contributed by atoms with Gasteiger partial charge >= 0.3 is 5.97 Å². The molecule has 4 heteroatoms. The average Bonchev–Trinajstić information content (AvgIpc) is 3.20. The molecule has 1 unspecified atom stereocenters. The molecule has 1 saturated heterocycles. The van der Waals surface area contributed by atoms with Gasteiger partial charge in [-0.2, -0.15) is 0 Å². The van der Waals surface area contributed by atoms with Crippen LogP contribution in [0.4, 0.5) is 0 Å². The number of ether oxygens (including phenoxy) is 1. The summed E-state index contributed by atoms with van der Waals surface area (Å²) in [6.45, 7) is 6.45. The lowest BCUT2D eigenvalue weighted by atomic mass is 9.74. The predicted octanol–water partition coefficient (Wildman–Crippen LogP) is 4.29. The highest BCUT2D eigenvalue weighted by atomic mass is 32.1. The van der Waals surface area contributed by atoms with Crippen LogP contribution in [0.2, 0.25) is 0 Å². The van der Waals surface area contributed by atoms with Gasteiger partial charge < -0.3 is 9.22 Å². The molecule has 2 fully saturated rings. The molecule has 2 heterocycles. The molecule has 134 valence electrons. The zero-order valence-corrected chi connectivity index (χ0v) is 16.5. The summed E-state index contributed by atoms with van der Waals surface area (Å²) in [5, 5.41) is 0. The Morgan fingerprint density at radius 2 is 1.79 bits per heavy atom.